The van der Waals surface area contributed by atoms with E-state index in [0.717, 1.165) is 11.3 Å². The Bertz CT molecular complexity index is 834. The number of carbonyl (C=O) groups is 1. The van der Waals surface area contributed by atoms with Crippen LogP contribution in [0.4, 0.5) is 0 Å². The summed E-state index contributed by atoms with van der Waals surface area (Å²) in [6.07, 6.45) is 5.11. The molecule has 122 valence electrons. The number of benzene rings is 2. The van der Waals surface area contributed by atoms with Gasteiger partial charge in [-0.2, -0.15) is 0 Å². The number of halogens is 2. The maximum Gasteiger partial charge on any atom is 0.188 e. The maximum atomic E-state index is 12.0. The Kier molecular flexibility index (Phi) is 5.30. The molecule has 0 bridgehead atoms. The molecule has 3 aromatic rings. The number of imidazole rings is 1. The van der Waals surface area contributed by atoms with Crippen LogP contribution >= 0.6 is 23.2 Å². The van der Waals surface area contributed by atoms with Gasteiger partial charge in [0.05, 0.1) is 23.6 Å². The van der Waals surface area contributed by atoms with Crippen LogP contribution in [0.1, 0.15) is 15.9 Å². The smallest absolute Gasteiger partial charge is 0.188 e. The van der Waals surface area contributed by atoms with E-state index in [1.807, 2.05) is 24.3 Å². The third-order valence-corrected chi connectivity index (χ3v) is 4.14. The van der Waals surface area contributed by atoms with Gasteiger partial charge in [0, 0.05) is 23.0 Å². The Hall–Kier alpha value is -2.14. The standard InChI is InChI=1S/C18H14Cl2N2O2/c19-15-9-16(20)17(22-7-6-21-12-22)8-14(15)10-24-11-18(23)13-4-2-1-3-5-13/h1-9,12H,10-11H2. The number of ether oxygens (including phenoxy) is 1. The second-order valence-corrected chi connectivity index (χ2v) is 5.96. The predicted molar refractivity (Wildman–Crippen MR) is 94.0 cm³/mol. The van der Waals surface area contributed by atoms with Crippen LogP contribution in [0.25, 0.3) is 5.69 Å². The number of rotatable bonds is 6. The van der Waals surface area contributed by atoms with Crippen molar-refractivity contribution in [3.63, 3.8) is 0 Å². The molecule has 0 unspecified atom stereocenters. The van der Waals surface area contributed by atoms with Crippen molar-refractivity contribution in [3.05, 3.63) is 82.4 Å². The number of hydrogen-bond acceptors (Lipinski definition) is 3. The molecule has 1 aromatic heterocycles. The highest BCUT2D eigenvalue weighted by Crippen LogP contribution is 2.28. The molecule has 24 heavy (non-hydrogen) atoms. The highest BCUT2D eigenvalue weighted by atomic mass is 35.5. The lowest BCUT2D eigenvalue weighted by Crippen LogP contribution is -2.09. The van der Waals surface area contributed by atoms with E-state index in [0.29, 0.717) is 15.6 Å². The van der Waals surface area contributed by atoms with Gasteiger partial charge in [-0.25, -0.2) is 4.98 Å². The Labute approximate surface area is 149 Å². The molecule has 6 heteroatoms. The van der Waals surface area contributed by atoms with E-state index >= 15 is 0 Å². The van der Waals surface area contributed by atoms with Crippen molar-refractivity contribution in [1.29, 1.82) is 0 Å². The molecule has 1 heterocycles. The van der Waals surface area contributed by atoms with Crippen LogP contribution in [0, 0.1) is 0 Å². The number of nitrogens with zero attached hydrogens (tertiary/aromatic N) is 2. The van der Waals surface area contributed by atoms with E-state index in [2.05, 4.69) is 4.98 Å². The predicted octanol–water partition coefficient (Wildman–Crippen LogP) is 4.58. The Morgan fingerprint density at radius 3 is 2.62 bits per heavy atom. The fourth-order valence-corrected chi connectivity index (χ4v) is 2.79. The van der Waals surface area contributed by atoms with Crippen LogP contribution in [0.5, 0.6) is 0 Å². The summed E-state index contributed by atoms with van der Waals surface area (Å²) >= 11 is 12.5. The van der Waals surface area contributed by atoms with Crippen LogP contribution in [0.3, 0.4) is 0 Å². The number of carbonyl (C=O) groups excluding carboxylic acids is 1. The fraction of sp³-hybridized carbons (Fsp3) is 0.111. The summed E-state index contributed by atoms with van der Waals surface area (Å²) in [7, 11) is 0. The van der Waals surface area contributed by atoms with Gasteiger partial charge in [-0.3, -0.25) is 4.79 Å². The normalized spacial score (nSPS) is 10.8. The molecule has 0 aliphatic carbocycles. The lowest BCUT2D eigenvalue weighted by atomic mass is 10.1. The van der Waals surface area contributed by atoms with Gasteiger partial charge >= 0.3 is 0 Å². The van der Waals surface area contributed by atoms with Gasteiger partial charge in [0.1, 0.15) is 6.61 Å². The van der Waals surface area contributed by atoms with Crippen LogP contribution < -0.4 is 0 Å². The maximum absolute atomic E-state index is 12.0. The van der Waals surface area contributed by atoms with E-state index in [9.17, 15) is 4.79 Å². The van der Waals surface area contributed by atoms with Gasteiger partial charge in [0.25, 0.3) is 0 Å². The molecule has 0 aliphatic heterocycles. The quantitative estimate of drug-likeness (QED) is 0.604. The molecule has 0 atom stereocenters. The molecule has 0 spiro atoms. The van der Waals surface area contributed by atoms with Crippen molar-refractivity contribution in [2.75, 3.05) is 6.61 Å². The van der Waals surface area contributed by atoms with Crippen molar-refractivity contribution < 1.29 is 9.53 Å². The summed E-state index contributed by atoms with van der Waals surface area (Å²) < 4.78 is 7.32. The van der Waals surface area contributed by atoms with Gasteiger partial charge in [-0.15, -0.1) is 0 Å². The highest BCUT2D eigenvalue weighted by molar-refractivity contribution is 6.36. The van der Waals surface area contributed by atoms with E-state index in [-0.39, 0.29) is 19.0 Å². The molecular weight excluding hydrogens is 347 g/mol. The van der Waals surface area contributed by atoms with Gasteiger partial charge in [0.2, 0.25) is 0 Å². The van der Waals surface area contributed by atoms with Crippen LogP contribution in [-0.2, 0) is 11.3 Å². The monoisotopic (exact) mass is 360 g/mol. The van der Waals surface area contributed by atoms with Crippen molar-refractivity contribution in [2.24, 2.45) is 0 Å². The first-order chi connectivity index (χ1) is 11.6. The lowest BCUT2D eigenvalue weighted by molar-refractivity contribution is 0.0726. The second-order valence-electron chi connectivity index (χ2n) is 5.15. The highest BCUT2D eigenvalue weighted by Gasteiger charge is 2.11. The minimum atomic E-state index is -0.0736. The summed E-state index contributed by atoms with van der Waals surface area (Å²) in [4.78, 5) is 16.0. The Balaban J connectivity index is 1.69. The molecule has 0 fully saturated rings. The van der Waals surface area contributed by atoms with Gasteiger partial charge in [-0.1, -0.05) is 53.5 Å². The minimum Gasteiger partial charge on any atom is -0.369 e. The third kappa shape index (κ3) is 3.85. The molecule has 2 aromatic carbocycles. The minimum absolute atomic E-state index is 0.0105. The van der Waals surface area contributed by atoms with E-state index < -0.39 is 0 Å². The molecule has 0 radical (unpaired) electrons. The van der Waals surface area contributed by atoms with Crippen molar-refractivity contribution in [1.82, 2.24) is 9.55 Å². The van der Waals surface area contributed by atoms with Gasteiger partial charge < -0.3 is 9.30 Å². The average Bonchev–Trinajstić information content (AvgIpc) is 3.11. The van der Waals surface area contributed by atoms with E-state index in [1.54, 1.807) is 41.5 Å². The summed E-state index contributed by atoms with van der Waals surface area (Å²) in [6.45, 7) is 0.208. The average molecular weight is 361 g/mol. The molecular formula is C18H14Cl2N2O2. The topological polar surface area (TPSA) is 44.1 Å². The van der Waals surface area contributed by atoms with Crippen molar-refractivity contribution in [3.8, 4) is 5.69 Å². The zero-order chi connectivity index (χ0) is 16.9. The molecule has 0 saturated heterocycles. The summed E-state index contributed by atoms with van der Waals surface area (Å²) in [5.41, 5.74) is 2.14. The number of ketones is 1. The van der Waals surface area contributed by atoms with Crippen molar-refractivity contribution >= 4 is 29.0 Å². The summed E-state index contributed by atoms with van der Waals surface area (Å²) in [6, 6.07) is 12.5. The number of aromatic nitrogens is 2. The Morgan fingerprint density at radius 2 is 1.92 bits per heavy atom. The Morgan fingerprint density at radius 1 is 1.12 bits per heavy atom. The van der Waals surface area contributed by atoms with E-state index in [1.165, 1.54) is 0 Å². The third-order valence-electron chi connectivity index (χ3n) is 3.48. The van der Waals surface area contributed by atoms with E-state index in [4.69, 9.17) is 27.9 Å². The molecule has 0 N–H and O–H groups in total. The molecule has 4 nitrogen and oxygen atoms in total. The lowest BCUT2D eigenvalue weighted by Gasteiger charge is -2.11. The summed E-state index contributed by atoms with van der Waals surface area (Å²) in [5.74, 6) is -0.0736. The SMILES string of the molecule is O=C(COCc1cc(-n2ccnc2)c(Cl)cc1Cl)c1ccccc1. The van der Waals surface area contributed by atoms with Crippen LogP contribution in [-0.4, -0.2) is 21.9 Å². The zero-order valence-corrected chi connectivity index (χ0v) is 14.2. The first kappa shape index (κ1) is 16.7. The molecule has 0 aliphatic rings. The largest absolute Gasteiger partial charge is 0.369 e. The van der Waals surface area contributed by atoms with Crippen LogP contribution in [0.15, 0.2) is 61.2 Å². The number of hydrogen-bond donors (Lipinski definition) is 0. The first-order valence-corrected chi connectivity index (χ1v) is 8.03. The molecule has 0 amide bonds. The first-order valence-electron chi connectivity index (χ1n) is 7.27. The van der Waals surface area contributed by atoms with Crippen molar-refractivity contribution in [2.45, 2.75) is 6.61 Å². The zero-order valence-electron chi connectivity index (χ0n) is 12.7. The van der Waals surface area contributed by atoms with Gasteiger partial charge in [-0.05, 0) is 17.7 Å². The molecule has 3 rings (SSSR count). The van der Waals surface area contributed by atoms with Gasteiger partial charge in [0.15, 0.2) is 5.78 Å². The van der Waals surface area contributed by atoms with Crippen LogP contribution in [0.2, 0.25) is 10.0 Å². The summed E-state index contributed by atoms with van der Waals surface area (Å²) in [5, 5.41) is 1.01. The fourth-order valence-electron chi connectivity index (χ4n) is 2.25. The molecule has 0 saturated carbocycles. The number of Topliss-reactive ketones (excluding diaryl/α,β-unsaturated/α-hetero) is 1. The second kappa shape index (κ2) is 7.62.